The fraction of sp³-hybridized carbons (Fsp3) is 0.269. The molecule has 6 heteroatoms. The standard InChI is InChI=1S/C26H26N4O2/c1-18-24(29-26(32-18)23-11-6-8-19-7-2-3-10-22(19)23)17-30(15-20-9-4-5-14-27-20)16-21-12-13-25(31)28-21/h2-11,14,21H,12-13,15-17H2,1H3,(H,28,31)/t21-/m0/s1. The summed E-state index contributed by atoms with van der Waals surface area (Å²) in [4.78, 5) is 23.4. The maximum Gasteiger partial charge on any atom is 0.227 e. The first-order chi connectivity index (χ1) is 15.7. The Bertz CT molecular complexity index is 1230. The number of hydrogen-bond acceptors (Lipinski definition) is 5. The lowest BCUT2D eigenvalue weighted by Crippen LogP contribution is -2.38. The number of nitrogens with one attached hydrogen (secondary N) is 1. The highest BCUT2D eigenvalue weighted by molar-refractivity contribution is 5.94. The smallest absolute Gasteiger partial charge is 0.227 e. The highest BCUT2D eigenvalue weighted by Gasteiger charge is 2.25. The van der Waals surface area contributed by atoms with E-state index < -0.39 is 0 Å². The van der Waals surface area contributed by atoms with Crippen molar-refractivity contribution in [1.29, 1.82) is 0 Å². The molecule has 1 saturated heterocycles. The predicted octanol–water partition coefficient (Wildman–Crippen LogP) is 4.48. The van der Waals surface area contributed by atoms with E-state index in [2.05, 4.69) is 39.5 Å². The largest absolute Gasteiger partial charge is 0.441 e. The number of fused-ring (bicyclic) bond motifs is 1. The number of benzene rings is 2. The summed E-state index contributed by atoms with van der Waals surface area (Å²) in [6, 6.07) is 20.5. The molecule has 3 heterocycles. The summed E-state index contributed by atoms with van der Waals surface area (Å²) >= 11 is 0. The molecule has 2 aromatic heterocycles. The lowest BCUT2D eigenvalue weighted by atomic mass is 10.0. The zero-order valence-corrected chi connectivity index (χ0v) is 18.1. The molecule has 1 aliphatic heterocycles. The number of hydrogen-bond donors (Lipinski definition) is 1. The summed E-state index contributed by atoms with van der Waals surface area (Å²) < 4.78 is 6.12. The second-order valence-electron chi connectivity index (χ2n) is 8.34. The van der Waals surface area contributed by atoms with Gasteiger partial charge in [-0.25, -0.2) is 4.98 Å². The topological polar surface area (TPSA) is 71.3 Å². The van der Waals surface area contributed by atoms with Crippen LogP contribution in [0.15, 0.2) is 71.3 Å². The van der Waals surface area contributed by atoms with Crippen molar-refractivity contribution < 1.29 is 9.21 Å². The van der Waals surface area contributed by atoms with Crippen LogP contribution in [0.25, 0.3) is 22.2 Å². The van der Waals surface area contributed by atoms with Gasteiger partial charge >= 0.3 is 0 Å². The lowest BCUT2D eigenvalue weighted by Gasteiger charge is -2.24. The maximum absolute atomic E-state index is 11.7. The monoisotopic (exact) mass is 426 g/mol. The third kappa shape index (κ3) is 4.41. The molecular weight excluding hydrogens is 400 g/mol. The molecule has 2 aromatic carbocycles. The summed E-state index contributed by atoms with van der Waals surface area (Å²) in [7, 11) is 0. The van der Waals surface area contributed by atoms with Crippen molar-refractivity contribution in [3.05, 3.63) is 84.0 Å². The second-order valence-corrected chi connectivity index (χ2v) is 8.34. The summed E-state index contributed by atoms with van der Waals surface area (Å²) in [6.45, 7) is 4.03. The Hall–Kier alpha value is -3.51. The molecule has 0 bridgehead atoms. The molecule has 1 atom stereocenters. The number of aryl methyl sites for hydroxylation is 1. The number of carbonyl (C=O) groups excluding carboxylic acids is 1. The van der Waals surface area contributed by atoms with Gasteiger partial charge in [-0.1, -0.05) is 42.5 Å². The van der Waals surface area contributed by atoms with Crippen LogP contribution in [-0.4, -0.2) is 33.4 Å². The Morgan fingerprint density at radius 3 is 2.72 bits per heavy atom. The molecule has 6 nitrogen and oxygen atoms in total. The zero-order chi connectivity index (χ0) is 21.9. The third-order valence-electron chi connectivity index (χ3n) is 5.96. The van der Waals surface area contributed by atoms with Gasteiger partial charge in [0.2, 0.25) is 11.8 Å². The van der Waals surface area contributed by atoms with Gasteiger partial charge < -0.3 is 9.73 Å². The van der Waals surface area contributed by atoms with E-state index in [1.54, 1.807) is 0 Å². The van der Waals surface area contributed by atoms with Crippen LogP contribution in [0.3, 0.4) is 0 Å². The Kier molecular flexibility index (Phi) is 5.69. The number of aromatic nitrogens is 2. The van der Waals surface area contributed by atoms with E-state index in [4.69, 9.17) is 9.40 Å². The third-order valence-corrected chi connectivity index (χ3v) is 5.96. The van der Waals surface area contributed by atoms with Crippen LogP contribution in [-0.2, 0) is 17.9 Å². The van der Waals surface area contributed by atoms with Crippen molar-refractivity contribution in [2.24, 2.45) is 0 Å². The van der Waals surface area contributed by atoms with E-state index in [-0.39, 0.29) is 11.9 Å². The van der Waals surface area contributed by atoms with E-state index >= 15 is 0 Å². The van der Waals surface area contributed by atoms with Crippen LogP contribution in [0.2, 0.25) is 0 Å². The van der Waals surface area contributed by atoms with Crippen LogP contribution in [0.4, 0.5) is 0 Å². The molecule has 1 amide bonds. The SMILES string of the molecule is Cc1oc(-c2cccc3ccccc23)nc1CN(Cc1ccccn1)C[C@@H]1CCC(=O)N1. The molecule has 0 saturated carbocycles. The van der Waals surface area contributed by atoms with Crippen molar-refractivity contribution in [2.45, 2.75) is 38.9 Å². The van der Waals surface area contributed by atoms with Crippen molar-refractivity contribution in [1.82, 2.24) is 20.2 Å². The van der Waals surface area contributed by atoms with Gasteiger partial charge in [-0.05, 0) is 42.3 Å². The highest BCUT2D eigenvalue weighted by Crippen LogP contribution is 2.30. The van der Waals surface area contributed by atoms with Crippen LogP contribution in [0.5, 0.6) is 0 Å². The fourth-order valence-corrected chi connectivity index (χ4v) is 4.35. The van der Waals surface area contributed by atoms with Crippen molar-refractivity contribution in [3.63, 3.8) is 0 Å². The molecule has 162 valence electrons. The van der Waals surface area contributed by atoms with Crippen molar-refractivity contribution in [2.75, 3.05) is 6.54 Å². The van der Waals surface area contributed by atoms with E-state index in [9.17, 15) is 4.79 Å². The van der Waals surface area contributed by atoms with E-state index in [0.29, 0.717) is 25.4 Å². The number of amides is 1. The van der Waals surface area contributed by atoms with Crippen LogP contribution in [0, 0.1) is 6.92 Å². The second kappa shape index (κ2) is 8.93. The minimum absolute atomic E-state index is 0.128. The molecule has 0 unspecified atom stereocenters. The highest BCUT2D eigenvalue weighted by atomic mass is 16.4. The average molecular weight is 427 g/mol. The van der Waals surface area contributed by atoms with Gasteiger partial charge in [-0.3, -0.25) is 14.7 Å². The molecule has 0 spiro atoms. The molecule has 1 fully saturated rings. The number of pyridine rings is 1. The first-order valence-electron chi connectivity index (χ1n) is 11.0. The molecule has 0 aliphatic carbocycles. The minimum Gasteiger partial charge on any atom is -0.441 e. The molecule has 1 N–H and O–H groups in total. The van der Waals surface area contributed by atoms with Crippen molar-refractivity contribution >= 4 is 16.7 Å². The van der Waals surface area contributed by atoms with E-state index in [1.165, 1.54) is 0 Å². The first-order valence-corrected chi connectivity index (χ1v) is 11.0. The normalized spacial score (nSPS) is 16.1. The molecule has 4 aromatic rings. The Balaban J connectivity index is 1.42. The molecule has 0 radical (unpaired) electrons. The van der Waals surface area contributed by atoms with Crippen LogP contribution in [0.1, 0.15) is 30.0 Å². The molecular formula is C26H26N4O2. The number of rotatable bonds is 7. The van der Waals surface area contributed by atoms with Crippen LogP contribution >= 0.6 is 0 Å². The molecule has 5 rings (SSSR count). The summed E-state index contributed by atoms with van der Waals surface area (Å²) in [5.74, 6) is 1.58. The van der Waals surface area contributed by atoms with Crippen LogP contribution < -0.4 is 5.32 Å². The van der Waals surface area contributed by atoms with Gasteiger partial charge in [0.25, 0.3) is 0 Å². The summed E-state index contributed by atoms with van der Waals surface area (Å²) in [5.41, 5.74) is 2.90. The quantitative estimate of drug-likeness (QED) is 0.472. The van der Waals surface area contributed by atoms with Gasteiger partial charge in [0.15, 0.2) is 0 Å². The van der Waals surface area contributed by atoms with E-state index in [1.807, 2.05) is 49.5 Å². The van der Waals surface area contributed by atoms with E-state index in [0.717, 1.165) is 46.4 Å². The Labute approximate surface area is 187 Å². The number of oxazole rings is 1. The number of carbonyl (C=O) groups is 1. The average Bonchev–Trinajstić information content (AvgIpc) is 3.39. The zero-order valence-electron chi connectivity index (χ0n) is 18.1. The summed E-state index contributed by atoms with van der Waals surface area (Å²) in [6.07, 6.45) is 3.26. The Morgan fingerprint density at radius 1 is 1.06 bits per heavy atom. The Morgan fingerprint density at radius 2 is 1.91 bits per heavy atom. The van der Waals surface area contributed by atoms with Gasteiger partial charge in [0.1, 0.15) is 5.76 Å². The lowest BCUT2D eigenvalue weighted by molar-refractivity contribution is -0.119. The van der Waals surface area contributed by atoms with Crippen molar-refractivity contribution in [3.8, 4) is 11.5 Å². The first kappa shape index (κ1) is 20.4. The van der Waals surface area contributed by atoms with Gasteiger partial charge in [0, 0.05) is 43.9 Å². The fourth-order valence-electron chi connectivity index (χ4n) is 4.35. The van der Waals surface area contributed by atoms with Gasteiger partial charge in [0.05, 0.1) is 11.4 Å². The van der Waals surface area contributed by atoms with Gasteiger partial charge in [-0.15, -0.1) is 0 Å². The maximum atomic E-state index is 11.7. The summed E-state index contributed by atoms with van der Waals surface area (Å²) in [5, 5.41) is 5.37. The molecule has 32 heavy (non-hydrogen) atoms. The minimum atomic E-state index is 0.128. The molecule has 1 aliphatic rings. The predicted molar refractivity (Wildman–Crippen MR) is 124 cm³/mol. The number of nitrogens with zero attached hydrogens (tertiary/aromatic N) is 3. The van der Waals surface area contributed by atoms with Gasteiger partial charge in [-0.2, -0.15) is 0 Å².